The summed E-state index contributed by atoms with van der Waals surface area (Å²) in [6.07, 6.45) is 2.28. The van der Waals surface area contributed by atoms with E-state index >= 15 is 0 Å². The first kappa shape index (κ1) is 10.2. The lowest BCUT2D eigenvalue weighted by Crippen LogP contribution is -2.34. The zero-order valence-corrected chi connectivity index (χ0v) is 8.86. The molecule has 1 aliphatic rings. The highest BCUT2D eigenvalue weighted by Crippen LogP contribution is 2.15. The van der Waals surface area contributed by atoms with E-state index in [1.54, 1.807) is 6.07 Å². The van der Waals surface area contributed by atoms with Gasteiger partial charge in [0.1, 0.15) is 17.7 Å². The van der Waals surface area contributed by atoms with Crippen LogP contribution >= 0.6 is 0 Å². The van der Waals surface area contributed by atoms with E-state index in [1.807, 2.05) is 6.92 Å². The van der Waals surface area contributed by atoms with E-state index in [9.17, 15) is 0 Å². The van der Waals surface area contributed by atoms with E-state index < -0.39 is 0 Å². The van der Waals surface area contributed by atoms with E-state index in [2.05, 4.69) is 15.3 Å². The van der Waals surface area contributed by atoms with Crippen molar-refractivity contribution in [1.82, 2.24) is 15.3 Å². The summed E-state index contributed by atoms with van der Waals surface area (Å²) >= 11 is 0. The van der Waals surface area contributed by atoms with Crippen LogP contribution in [0.15, 0.2) is 6.07 Å². The van der Waals surface area contributed by atoms with Gasteiger partial charge in [-0.15, -0.1) is 0 Å². The Balaban J connectivity index is 2.02. The highest BCUT2D eigenvalue weighted by atomic mass is 16.5. The van der Waals surface area contributed by atoms with Gasteiger partial charge in [0.25, 0.3) is 0 Å². The second-order valence-corrected chi connectivity index (χ2v) is 3.75. The van der Waals surface area contributed by atoms with Gasteiger partial charge in [0.15, 0.2) is 0 Å². The molecule has 15 heavy (non-hydrogen) atoms. The number of aromatic nitrogens is 2. The quantitative estimate of drug-likeness (QED) is 0.740. The van der Waals surface area contributed by atoms with Gasteiger partial charge in [-0.3, -0.25) is 0 Å². The maximum absolute atomic E-state index is 5.75. The smallest absolute Gasteiger partial charge is 0.218 e. The summed E-state index contributed by atoms with van der Waals surface area (Å²) in [6.45, 7) is 3.82. The van der Waals surface area contributed by atoms with Crippen molar-refractivity contribution in [1.29, 1.82) is 0 Å². The number of nitrogens with zero attached hydrogens (tertiary/aromatic N) is 2. The molecule has 3 N–H and O–H groups in total. The fourth-order valence-corrected chi connectivity index (χ4v) is 1.71. The van der Waals surface area contributed by atoms with Gasteiger partial charge < -0.3 is 15.8 Å². The first-order valence-electron chi connectivity index (χ1n) is 5.22. The van der Waals surface area contributed by atoms with Gasteiger partial charge in [0.05, 0.1) is 0 Å². The van der Waals surface area contributed by atoms with Crippen molar-refractivity contribution in [3.8, 4) is 5.88 Å². The van der Waals surface area contributed by atoms with Crippen molar-refractivity contribution < 1.29 is 4.74 Å². The third-order valence-corrected chi connectivity index (χ3v) is 2.41. The van der Waals surface area contributed by atoms with Crippen LogP contribution in [0.4, 0.5) is 5.82 Å². The van der Waals surface area contributed by atoms with Crippen molar-refractivity contribution in [2.24, 2.45) is 0 Å². The number of piperidine rings is 1. The predicted octanol–water partition coefficient (Wildman–Crippen LogP) is 0.498. The Labute approximate surface area is 89.1 Å². The summed E-state index contributed by atoms with van der Waals surface area (Å²) in [4.78, 5) is 8.20. The molecule has 0 atom stereocenters. The standard InChI is InChI=1S/C10H16N4O/c1-7-13-9(11)6-10(14-7)15-8-2-4-12-5-3-8/h6,8,12H,2-5H2,1H3,(H2,11,13,14). The molecular formula is C10H16N4O. The van der Waals surface area contributed by atoms with Gasteiger partial charge in [-0.05, 0) is 32.9 Å². The molecule has 1 aromatic rings. The van der Waals surface area contributed by atoms with Gasteiger partial charge >= 0.3 is 0 Å². The Kier molecular flexibility index (Phi) is 3.01. The summed E-state index contributed by atoms with van der Waals surface area (Å²) in [5.41, 5.74) is 5.62. The van der Waals surface area contributed by atoms with Crippen molar-refractivity contribution in [2.45, 2.75) is 25.9 Å². The molecular weight excluding hydrogens is 192 g/mol. The van der Waals surface area contributed by atoms with Crippen LogP contribution in [-0.2, 0) is 0 Å². The molecule has 0 saturated carbocycles. The molecule has 0 unspecified atom stereocenters. The molecule has 0 aliphatic carbocycles. The second kappa shape index (κ2) is 4.44. The van der Waals surface area contributed by atoms with Crippen molar-refractivity contribution >= 4 is 5.82 Å². The van der Waals surface area contributed by atoms with E-state index in [0.717, 1.165) is 25.9 Å². The van der Waals surface area contributed by atoms with Crippen LogP contribution in [0.5, 0.6) is 5.88 Å². The number of nitrogens with one attached hydrogen (secondary N) is 1. The maximum Gasteiger partial charge on any atom is 0.218 e. The average molecular weight is 208 g/mol. The Bertz CT molecular complexity index is 316. The number of nitrogens with two attached hydrogens (primary N) is 1. The van der Waals surface area contributed by atoms with Crippen molar-refractivity contribution in [3.05, 3.63) is 11.9 Å². The van der Waals surface area contributed by atoms with E-state index in [4.69, 9.17) is 10.5 Å². The minimum absolute atomic E-state index is 0.250. The van der Waals surface area contributed by atoms with Crippen LogP contribution in [0.2, 0.25) is 0 Å². The minimum Gasteiger partial charge on any atom is -0.474 e. The summed E-state index contributed by atoms with van der Waals surface area (Å²) in [7, 11) is 0. The van der Waals surface area contributed by atoms with Crippen LogP contribution < -0.4 is 15.8 Å². The molecule has 0 amide bonds. The molecule has 0 radical (unpaired) electrons. The molecule has 5 nitrogen and oxygen atoms in total. The highest BCUT2D eigenvalue weighted by molar-refractivity contribution is 5.32. The van der Waals surface area contributed by atoms with Crippen LogP contribution in [0.25, 0.3) is 0 Å². The summed E-state index contributed by atoms with van der Waals surface area (Å²) < 4.78 is 5.75. The summed E-state index contributed by atoms with van der Waals surface area (Å²) in [5, 5.41) is 3.29. The van der Waals surface area contributed by atoms with Gasteiger partial charge in [-0.2, -0.15) is 4.98 Å². The third-order valence-electron chi connectivity index (χ3n) is 2.41. The SMILES string of the molecule is Cc1nc(N)cc(OC2CCNCC2)n1. The fourth-order valence-electron chi connectivity index (χ4n) is 1.71. The van der Waals surface area contributed by atoms with E-state index in [-0.39, 0.29) is 6.10 Å². The Hall–Kier alpha value is -1.36. The number of ether oxygens (including phenoxy) is 1. The van der Waals surface area contributed by atoms with E-state index in [1.165, 1.54) is 0 Å². The van der Waals surface area contributed by atoms with Gasteiger partial charge in [-0.1, -0.05) is 0 Å². The molecule has 82 valence electrons. The first-order chi connectivity index (χ1) is 7.24. The molecule has 0 bridgehead atoms. The largest absolute Gasteiger partial charge is 0.474 e. The van der Waals surface area contributed by atoms with E-state index in [0.29, 0.717) is 17.5 Å². The topological polar surface area (TPSA) is 73.1 Å². The second-order valence-electron chi connectivity index (χ2n) is 3.75. The molecule has 1 saturated heterocycles. The molecule has 0 spiro atoms. The average Bonchev–Trinajstić information content (AvgIpc) is 2.17. The van der Waals surface area contributed by atoms with Gasteiger partial charge in [-0.25, -0.2) is 4.98 Å². The third kappa shape index (κ3) is 2.79. The molecule has 5 heteroatoms. The molecule has 0 aromatic carbocycles. The number of rotatable bonds is 2. The minimum atomic E-state index is 0.250. The van der Waals surface area contributed by atoms with Crippen LogP contribution in [0.1, 0.15) is 18.7 Å². The molecule has 1 fully saturated rings. The zero-order valence-electron chi connectivity index (χ0n) is 8.86. The Morgan fingerprint density at radius 1 is 1.40 bits per heavy atom. The molecule has 1 aliphatic heterocycles. The number of anilines is 1. The van der Waals surface area contributed by atoms with Gasteiger partial charge in [0, 0.05) is 6.07 Å². The predicted molar refractivity (Wildman–Crippen MR) is 57.7 cm³/mol. The number of hydrogen-bond donors (Lipinski definition) is 2. The van der Waals surface area contributed by atoms with Crippen molar-refractivity contribution in [3.63, 3.8) is 0 Å². The number of hydrogen-bond acceptors (Lipinski definition) is 5. The fraction of sp³-hybridized carbons (Fsp3) is 0.600. The number of aryl methyl sites for hydroxylation is 1. The van der Waals surface area contributed by atoms with Crippen LogP contribution in [-0.4, -0.2) is 29.2 Å². The first-order valence-corrected chi connectivity index (χ1v) is 5.22. The molecule has 2 heterocycles. The summed E-state index contributed by atoms with van der Waals surface area (Å²) in [5.74, 6) is 1.71. The number of nitrogen functional groups attached to an aromatic ring is 1. The normalized spacial score (nSPS) is 17.7. The van der Waals surface area contributed by atoms with Gasteiger partial charge in [0.2, 0.25) is 5.88 Å². The monoisotopic (exact) mass is 208 g/mol. The highest BCUT2D eigenvalue weighted by Gasteiger charge is 2.15. The molecule has 2 rings (SSSR count). The lowest BCUT2D eigenvalue weighted by Gasteiger charge is -2.23. The zero-order chi connectivity index (χ0) is 10.7. The Morgan fingerprint density at radius 3 is 2.80 bits per heavy atom. The van der Waals surface area contributed by atoms with Crippen LogP contribution in [0.3, 0.4) is 0 Å². The summed E-state index contributed by atoms with van der Waals surface area (Å²) in [6, 6.07) is 1.68. The molecule has 1 aromatic heterocycles. The lowest BCUT2D eigenvalue weighted by molar-refractivity contribution is 0.155. The lowest BCUT2D eigenvalue weighted by atomic mass is 10.1. The van der Waals surface area contributed by atoms with Crippen molar-refractivity contribution in [2.75, 3.05) is 18.8 Å². The maximum atomic E-state index is 5.75. The Morgan fingerprint density at radius 2 is 2.13 bits per heavy atom. The van der Waals surface area contributed by atoms with Crippen LogP contribution in [0, 0.1) is 6.92 Å².